The van der Waals surface area contributed by atoms with Gasteiger partial charge in [0.05, 0.1) is 0 Å². The molecule has 1 heteroatoms. The van der Waals surface area contributed by atoms with Crippen LogP contribution in [0.15, 0.2) is 102 Å². The molecule has 0 aliphatic heterocycles. The highest BCUT2D eigenvalue weighted by Crippen LogP contribution is 2.53. The van der Waals surface area contributed by atoms with E-state index >= 15 is 0 Å². The molecule has 152 valence electrons. The first-order valence-corrected chi connectivity index (χ1v) is 12.9. The van der Waals surface area contributed by atoms with E-state index in [0.717, 1.165) is 0 Å². The Hall–Kier alpha value is -2.64. The van der Waals surface area contributed by atoms with Gasteiger partial charge in [0, 0.05) is 5.04 Å². The van der Waals surface area contributed by atoms with Crippen LogP contribution in [-0.2, 0) is 0 Å². The molecule has 1 unspecified atom stereocenters. The van der Waals surface area contributed by atoms with Gasteiger partial charge in [0.1, 0.15) is 0 Å². The fourth-order valence-electron chi connectivity index (χ4n) is 5.72. The fraction of sp³-hybridized carbons (Fsp3) is 0.241. The predicted octanol–water partition coefficient (Wildman–Crippen LogP) is 5.83. The maximum atomic E-state index is 2.58. The average Bonchev–Trinajstić information content (AvgIpc) is 2.95. The lowest BCUT2D eigenvalue weighted by Crippen LogP contribution is -2.74. The third kappa shape index (κ3) is 2.80. The average molecular weight is 409 g/mol. The summed E-state index contributed by atoms with van der Waals surface area (Å²) in [5.41, 5.74) is 7.17. The van der Waals surface area contributed by atoms with Crippen LogP contribution in [0.25, 0.3) is 0 Å². The molecule has 30 heavy (non-hydrogen) atoms. The molecule has 0 nitrogen and oxygen atoms in total. The van der Waals surface area contributed by atoms with Gasteiger partial charge in [-0.2, -0.15) is 0 Å². The summed E-state index contributed by atoms with van der Waals surface area (Å²) in [6, 6.07) is 29.5. The van der Waals surface area contributed by atoms with Crippen LogP contribution in [0.1, 0.15) is 38.8 Å². The Morgan fingerprint density at radius 1 is 0.600 bits per heavy atom. The highest BCUT2D eigenvalue weighted by Gasteiger charge is 2.56. The van der Waals surface area contributed by atoms with Gasteiger partial charge < -0.3 is 0 Å². The fourth-order valence-corrected chi connectivity index (χ4v) is 12.3. The van der Waals surface area contributed by atoms with E-state index in [4.69, 9.17) is 0 Å². The van der Waals surface area contributed by atoms with Crippen LogP contribution < -0.4 is 15.6 Å². The summed E-state index contributed by atoms with van der Waals surface area (Å²) in [4.78, 5) is 0. The van der Waals surface area contributed by atoms with E-state index in [1.165, 1.54) is 43.4 Å². The quantitative estimate of drug-likeness (QED) is 0.376. The molecular formula is C29H32Si. The molecule has 1 aliphatic carbocycles. The number of benzene rings is 3. The van der Waals surface area contributed by atoms with Crippen molar-refractivity contribution in [3.8, 4) is 0 Å². The smallest absolute Gasteiger partial charge is 0.0730 e. The highest BCUT2D eigenvalue weighted by molar-refractivity contribution is 7.14. The lowest BCUT2D eigenvalue weighted by atomic mass is 10.0. The third-order valence-corrected chi connectivity index (χ3v) is 13.5. The van der Waals surface area contributed by atoms with E-state index in [0.29, 0.717) is 0 Å². The summed E-state index contributed by atoms with van der Waals surface area (Å²) in [6.07, 6.45) is 2.58. The van der Waals surface area contributed by atoms with Gasteiger partial charge in [-0.3, -0.25) is 0 Å². The van der Waals surface area contributed by atoms with Gasteiger partial charge in [-0.05, 0) is 55.8 Å². The Balaban J connectivity index is 2.26. The zero-order valence-electron chi connectivity index (χ0n) is 19.1. The molecule has 0 fully saturated rings. The van der Waals surface area contributed by atoms with Crippen molar-refractivity contribution in [2.24, 2.45) is 0 Å². The van der Waals surface area contributed by atoms with Gasteiger partial charge in [0.15, 0.2) is 8.07 Å². The van der Waals surface area contributed by atoms with Crippen LogP contribution >= 0.6 is 0 Å². The van der Waals surface area contributed by atoms with Crippen molar-refractivity contribution in [2.45, 2.75) is 46.6 Å². The van der Waals surface area contributed by atoms with Gasteiger partial charge in [0.25, 0.3) is 0 Å². The molecule has 0 heterocycles. The van der Waals surface area contributed by atoms with E-state index in [1.54, 1.807) is 0 Å². The maximum Gasteiger partial charge on any atom is 0.162 e. The third-order valence-electron chi connectivity index (χ3n) is 7.52. The molecule has 0 radical (unpaired) electrons. The lowest BCUT2D eigenvalue weighted by molar-refractivity contribution is 0.869. The molecule has 0 N–H and O–H groups in total. The second kappa shape index (κ2) is 7.56. The van der Waals surface area contributed by atoms with Gasteiger partial charge in [0.2, 0.25) is 0 Å². The van der Waals surface area contributed by atoms with Gasteiger partial charge in [-0.15, -0.1) is 0 Å². The molecule has 4 rings (SSSR count). The second-order valence-corrected chi connectivity index (χ2v) is 13.2. The molecule has 0 saturated heterocycles. The molecule has 0 bridgehead atoms. The van der Waals surface area contributed by atoms with Crippen molar-refractivity contribution in [2.75, 3.05) is 0 Å². The zero-order chi connectivity index (χ0) is 21.5. The maximum absolute atomic E-state index is 2.58. The lowest BCUT2D eigenvalue weighted by Gasteiger charge is -2.48. The van der Waals surface area contributed by atoms with E-state index in [9.17, 15) is 0 Å². The normalized spacial score (nSPS) is 19.2. The molecule has 3 aromatic carbocycles. The van der Waals surface area contributed by atoms with Crippen molar-refractivity contribution in [3.63, 3.8) is 0 Å². The molecule has 0 amide bonds. The summed E-state index contributed by atoms with van der Waals surface area (Å²) in [6.45, 7) is 14.0. The molecular weight excluding hydrogens is 376 g/mol. The first-order chi connectivity index (χ1) is 14.3. The number of allylic oxidation sites excluding steroid dienone is 4. The summed E-state index contributed by atoms with van der Waals surface area (Å²) >= 11 is 0. The summed E-state index contributed by atoms with van der Waals surface area (Å²) in [5, 5.41) is 4.48. The minimum absolute atomic E-state index is 0.0409. The minimum Gasteiger partial charge on any atom is -0.0730 e. The summed E-state index contributed by atoms with van der Waals surface area (Å²) in [7, 11) is -2.49. The first kappa shape index (κ1) is 20.6. The summed E-state index contributed by atoms with van der Waals surface area (Å²) in [5.74, 6) is 0. The number of aryl methyl sites for hydroxylation is 2. The van der Waals surface area contributed by atoms with Crippen molar-refractivity contribution in [3.05, 3.63) is 113 Å². The van der Waals surface area contributed by atoms with Crippen LogP contribution in [0, 0.1) is 13.8 Å². The Morgan fingerprint density at radius 2 is 1.07 bits per heavy atom. The molecule has 1 atom stereocenters. The molecule has 0 saturated carbocycles. The van der Waals surface area contributed by atoms with Crippen LogP contribution in [0.2, 0.25) is 5.04 Å². The van der Waals surface area contributed by atoms with Gasteiger partial charge in [-0.25, -0.2) is 0 Å². The molecule has 1 aliphatic rings. The zero-order valence-corrected chi connectivity index (χ0v) is 20.1. The van der Waals surface area contributed by atoms with Gasteiger partial charge in [-0.1, -0.05) is 114 Å². The minimum atomic E-state index is -2.49. The van der Waals surface area contributed by atoms with Crippen molar-refractivity contribution >= 4 is 23.6 Å². The van der Waals surface area contributed by atoms with Crippen LogP contribution in [0.4, 0.5) is 0 Å². The topological polar surface area (TPSA) is 0 Å². The van der Waals surface area contributed by atoms with E-state index in [1.807, 2.05) is 0 Å². The van der Waals surface area contributed by atoms with Crippen molar-refractivity contribution < 1.29 is 0 Å². The Morgan fingerprint density at radius 3 is 1.50 bits per heavy atom. The van der Waals surface area contributed by atoms with E-state index < -0.39 is 8.07 Å². The Bertz CT molecular complexity index is 1100. The SMILES string of the molecule is CC1=CC(C)([Si](c2ccccc2)(c2ccccc2C)c2ccccc2C)C(C)=C1C. The predicted molar refractivity (Wildman–Crippen MR) is 134 cm³/mol. The highest BCUT2D eigenvalue weighted by atomic mass is 28.3. The molecule has 3 aromatic rings. The summed E-state index contributed by atoms with van der Waals surface area (Å²) < 4.78 is 0. The van der Waals surface area contributed by atoms with Crippen molar-refractivity contribution in [1.29, 1.82) is 0 Å². The standard InChI is InChI=1S/C29H32Si/c1-21-14-10-12-18-27(21)30(26-16-8-7-9-17-26,28-19-13-11-15-22(28)2)29(6)20-23(3)24(4)25(29)5/h7-20H,1-6H3. The van der Waals surface area contributed by atoms with Gasteiger partial charge >= 0.3 is 0 Å². The van der Waals surface area contributed by atoms with E-state index in [2.05, 4.69) is 126 Å². The van der Waals surface area contributed by atoms with Crippen molar-refractivity contribution in [1.82, 2.24) is 0 Å². The van der Waals surface area contributed by atoms with Crippen LogP contribution in [-0.4, -0.2) is 8.07 Å². The molecule has 0 spiro atoms. The Labute approximate surface area is 183 Å². The number of hydrogen-bond donors (Lipinski definition) is 0. The largest absolute Gasteiger partial charge is 0.162 e. The number of hydrogen-bond acceptors (Lipinski definition) is 0. The Kier molecular flexibility index (Phi) is 5.19. The second-order valence-electron chi connectivity index (χ2n) is 9.03. The molecule has 0 aromatic heterocycles. The van der Waals surface area contributed by atoms with E-state index in [-0.39, 0.29) is 5.04 Å². The first-order valence-electron chi connectivity index (χ1n) is 10.9. The van der Waals surface area contributed by atoms with Crippen LogP contribution in [0.5, 0.6) is 0 Å². The number of rotatable bonds is 4. The monoisotopic (exact) mass is 408 g/mol. The van der Waals surface area contributed by atoms with Crippen LogP contribution in [0.3, 0.4) is 0 Å².